The van der Waals surface area contributed by atoms with Crippen LogP contribution in [0.5, 0.6) is 5.75 Å². The number of rotatable bonds is 6. The number of carbonyl (C=O) groups excluding carboxylic acids is 2. The predicted octanol–water partition coefficient (Wildman–Crippen LogP) is 4.52. The molecule has 0 aliphatic heterocycles. The van der Waals surface area contributed by atoms with E-state index < -0.39 is 11.9 Å². The smallest absolute Gasteiger partial charge is 0.247 e. The van der Waals surface area contributed by atoms with Crippen LogP contribution < -0.4 is 10.6 Å². The molecule has 3 rings (SSSR count). The number of fused-ring (bicyclic) bond motifs is 1. The number of carbonyl (C=O) groups is 2. The normalized spacial score (nSPS) is 12.0. The molecule has 3 aromatic rings. The number of benzene rings is 3. The molecule has 0 saturated carbocycles. The zero-order valence-corrected chi connectivity index (χ0v) is 17.0. The summed E-state index contributed by atoms with van der Waals surface area (Å²) in [5.41, 5.74) is 1.08. The Labute approximate surface area is 174 Å². The maximum Gasteiger partial charge on any atom is 0.247 e. The van der Waals surface area contributed by atoms with Crippen molar-refractivity contribution in [1.82, 2.24) is 5.32 Å². The first-order valence-electron chi connectivity index (χ1n) is 9.40. The third-order valence-corrected chi connectivity index (χ3v) is 4.90. The number of amides is 2. The number of nitrogens with one attached hydrogen (secondary N) is 2. The van der Waals surface area contributed by atoms with Gasteiger partial charge in [0.1, 0.15) is 11.8 Å². The summed E-state index contributed by atoms with van der Waals surface area (Å²) in [4.78, 5) is 25.3. The van der Waals surface area contributed by atoms with E-state index in [1.807, 2.05) is 56.3 Å². The lowest BCUT2D eigenvalue weighted by Crippen LogP contribution is -2.47. The molecule has 0 aromatic heterocycles. The summed E-state index contributed by atoms with van der Waals surface area (Å²) in [6, 6.07) is 17.5. The van der Waals surface area contributed by atoms with E-state index >= 15 is 0 Å². The number of hydrogen-bond acceptors (Lipinski definition) is 3. The van der Waals surface area contributed by atoms with Gasteiger partial charge in [-0.3, -0.25) is 9.59 Å². The molecule has 5 nitrogen and oxygen atoms in total. The second-order valence-electron chi connectivity index (χ2n) is 7.30. The Morgan fingerprint density at radius 3 is 2.45 bits per heavy atom. The molecule has 2 amide bonds. The molecule has 29 heavy (non-hydrogen) atoms. The SMILES string of the molecule is CC(C)C(NC(=O)Cc1ccc2ccccc2c1)C(=O)Nc1cc(Cl)ccc1O. The summed E-state index contributed by atoms with van der Waals surface area (Å²) in [6.07, 6.45) is 0.170. The van der Waals surface area contributed by atoms with Gasteiger partial charge >= 0.3 is 0 Å². The van der Waals surface area contributed by atoms with Crippen LogP contribution in [0.1, 0.15) is 19.4 Å². The second-order valence-corrected chi connectivity index (χ2v) is 7.73. The lowest BCUT2D eigenvalue weighted by molar-refractivity contribution is -0.127. The van der Waals surface area contributed by atoms with E-state index in [0.29, 0.717) is 5.02 Å². The highest BCUT2D eigenvalue weighted by atomic mass is 35.5. The van der Waals surface area contributed by atoms with E-state index in [2.05, 4.69) is 10.6 Å². The minimum absolute atomic E-state index is 0.0900. The average Bonchev–Trinajstić information content (AvgIpc) is 2.68. The molecule has 0 bridgehead atoms. The topological polar surface area (TPSA) is 78.4 Å². The van der Waals surface area contributed by atoms with Crippen LogP contribution in [0.15, 0.2) is 60.7 Å². The molecule has 3 aromatic carbocycles. The monoisotopic (exact) mass is 410 g/mol. The Balaban J connectivity index is 1.69. The van der Waals surface area contributed by atoms with E-state index in [4.69, 9.17) is 11.6 Å². The van der Waals surface area contributed by atoms with Crippen LogP contribution in [0, 0.1) is 5.92 Å². The molecule has 0 spiro atoms. The maximum absolute atomic E-state index is 12.7. The zero-order valence-electron chi connectivity index (χ0n) is 16.3. The Morgan fingerprint density at radius 2 is 1.72 bits per heavy atom. The Kier molecular flexibility index (Phi) is 6.39. The molecule has 6 heteroatoms. The molecule has 0 aliphatic carbocycles. The van der Waals surface area contributed by atoms with Crippen molar-refractivity contribution in [1.29, 1.82) is 0 Å². The number of phenols is 1. The van der Waals surface area contributed by atoms with Crippen molar-refractivity contribution in [2.24, 2.45) is 5.92 Å². The summed E-state index contributed by atoms with van der Waals surface area (Å²) >= 11 is 5.93. The first-order chi connectivity index (χ1) is 13.8. The molecule has 1 atom stereocenters. The van der Waals surface area contributed by atoms with Crippen molar-refractivity contribution in [2.75, 3.05) is 5.32 Å². The quantitative estimate of drug-likeness (QED) is 0.523. The van der Waals surface area contributed by atoms with E-state index in [1.54, 1.807) is 0 Å². The second kappa shape index (κ2) is 8.97. The van der Waals surface area contributed by atoms with Crippen molar-refractivity contribution in [3.05, 3.63) is 71.2 Å². The van der Waals surface area contributed by atoms with E-state index in [0.717, 1.165) is 16.3 Å². The Hall–Kier alpha value is -3.05. The first kappa shape index (κ1) is 20.7. The molecular weight excluding hydrogens is 388 g/mol. The fourth-order valence-corrected chi connectivity index (χ4v) is 3.28. The maximum atomic E-state index is 12.7. The van der Waals surface area contributed by atoms with E-state index in [9.17, 15) is 14.7 Å². The molecule has 0 fully saturated rings. The van der Waals surface area contributed by atoms with Crippen LogP contribution in [0.2, 0.25) is 5.02 Å². The van der Waals surface area contributed by atoms with E-state index in [-0.39, 0.29) is 29.7 Å². The molecule has 0 saturated heterocycles. The van der Waals surface area contributed by atoms with Gasteiger partial charge in [0, 0.05) is 5.02 Å². The van der Waals surface area contributed by atoms with Gasteiger partial charge in [-0.25, -0.2) is 0 Å². The fourth-order valence-electron chi connectivity index (χ4n) is 3.11. The lowest BCUT2D eigenvalue weighted by Gasteiger charge is -2.22. The van der Waals surface area contributed by atoms with Crippen molar-refractivity contribution in [3.8, 4) is 5.75 Å². The summed E-state index contributed by atoms with van der Waals surface area (Å²) in [6.45, 7) is 3.69. The Morgan fingerprint density at radius 1 is 1.00 bits per heavy atom. The average molecular weight is 411 g/mol. The van der Waals surface area contributed by atoms with Crippen LogP contribution >= 0.6 is 11.6 Å². The van der Waals surface area contributed by atoms with E-state index in [1.165, 1.54) is 18.2 Å². The summed E-state index contributed by atoms with van der Waals surface area (Å²) in [7, 11) is 0. The summed E-state index contributed by atoms with van der Waals surface area (Å²) in [5.74, 6) is -0.890. The van der Waals surface area contributed by atoms with Gasteiger partial charge in [0.15, 0.2) is 0 Å². The molecular formula is C23H23ClN2O3. The van der Waals surface area contributed by atoms with Crippen molar-refractivity contribution < 1.29 is 14.7 Å². The van der Waals surface area contributed by atoms with Gasteiger partial charge in [0.2, 0.25) is 11.8 Å². The first-order valence-corrected chi connectivity index (χ1v) is 9.77. The van der Waals surface area contributed by atoms with Gasteiger partial charge in [0.05, 0.1) is 12.1 Å². The molecule has 0 aliphatic rings. The third kappa shape index (κ3) is 5.27. The van der Waals surface area contributed by atoms with Gasteiger partial charge in [-0.15, -0.1) is 0 Å². The van der Waals surface area contributed by atoms with Gasteiger partial charge < -0.3 is 15.7 Å². The minimum atomic E-state index is -0.749. The highest BCUT2D eigenvalue weighted by molar-refractivity contribution is 6.31. The summed E-state index contributed by atoms with van der Waals surface area (Å²) in [5, 5.41) is 17.9. The molecule has 1 unspecified atom stereocenters. The van der Waals surface area contributed by atoms with Gasteiger partial charge in [0.25, 0.3) is 0 Å². The highest BCUT2D eigenvalue weighted by Gasteiger charge is 2.25. The van der Waals surface area contributed by atoms with Gasteiger partial charge in [-0.2, -0.15) is 0 Å². The van der Waals surface area contributed by atoms with Crippen molar-refractivity contribution in [3.63, 3.8) is 0 Å². The molecule has 0 heterocycles. The predicted molar refractivity (Wildman–Crippen MR) is 116 cm³/mol. The molecule has 150 valence electrons. The number of aromatic hydroxyl groups is 1. The minimum Gasteiger partial charge on any atom is -0.506 e. The zero-order chi connectivity index (χ0) is 21.0. The van der Waals surface area contributed by atoms with Crippen LogP contribution in [0.25, 0.3) is 10.8 Å². The fraction of sp³-hybridized carbons (Fsp3) is 0.217. The Bertz CT molecular complexity index is 1050. The lowest BCUT2D eigenvalue weighted by atomic mass is 10.0. The number of hydrogen-bond donors (Lipinski definition) is 3. The third-order valence-electron chi connectivity index (χ3n) is 4.66. The van der Waals surface area contributed by atoms with Crippen LogP contribution in [-0.2, 0) is 16.0 Å². The summed E-state index contributed by atoms with van der Waals surface area (Å²) < 4.78 is 0. The standard InChI is InChI=1S/C23H23ClN2O3/c1-14(2)22(23(29)25-19-13-18(24)9-10-20(19)27)26-21(28)12-15-7-8-16-5-3-4-6-17(16)11-15/h3-11,13-14,22,27H,12H2,1-2H3,(H,25,29)(H,26,28). The number of phenolic OH excluding ortho intramolecular Hbond substituents is 1. The largest absolute Gasteiger partial charge is 0.506 e. The highest BCUT2D eigenvalue weighted by Crippen LogP contribution is 2.27. The van der Waals surface area contributed by atoms with Crippen molar-refractivity contribution >= 4 is 39.9 Å². The van der Waals surface area contributed by atoms with Crippen LogP contribution in [0.3, 0.4) is 0 Å². The van der Waals surface area contributed by atoms with Gasteiger partial charge in [-0.1, -0.05) is 67.9 Å². The number of anilines is 1. The van der Waals surface area contributed by atoms with Gasteiger partial charge in [-0.05, 0) is 40.5 Å². The van der Waals surface area contributed by atoms with Crippen LogP contribution in [0.4, 0.5) is 5.69 Å². The molecule has 3 N–H and O–H groups in total. The number of halogens is 1. The van der Waals surface area contributed by atoms with Crippen molar-refractivity contribution in [2.45, 2.75) is 26.3 Å². The van der Waals surface area contributed by atoms with Crippen LogP contribution in [-0.4, -0.2) is 23.0 Å². The molecule has 0 radical (unpaired) electrons.